The highest BCUT2D eigenvalue weighted by Crippen LogP contribution is 2.16. The molecule has 0 aliphatic carbocycles. The van der Waals surface area contributed by atoms with Crippen molar-refractivity contribution in [1.29, 1.82) is 0 Å². The molecule has 1 unspecified atom stereocenters. The van der Waals surface area contributed by atoms with E-state index in [1.807, 2.05) is 0 Å². The van der Waals surface area contributed by atoms with Crippen LogP contribution in [0.3, 0.4) is 0 Å². The van der Waals surface area contributed by atoms with Gasteiger partial charge in [-0.1, -0.05) is 279 Å². The summed E-state index contributed by atoms with van der Waals surface area (Å²) in [6.07, 6.45) is 77.8. The first kappa shape index (κ1) is 67.6. The number of hydrogen-bond acceptors (Lipinski definition) is 6. The van der Waals surface area contributed by atoms with Gasteiger partial charge in [0.15, 0.2) is 6.10 Å². The minimum Gasteiger partial charge on any atom is -0.462 e. The summed E-state index contributed by atoms with van der Waals surface area (Å²) >= 11 is 0. The summed E-state index contributed by atoms with van der Waals surface area (Å²) in [7, 11) is 0. The third kappa shape index (κ3) is 57.4. The van der Waals surface area contributed by atoms with Crippen molar-refractivity contribution in [3.05, 3.63) is 85.1 Å². The molecule has 0 fully saturated rings. The molecule has 0 radical (unpaired) electrons. The molecular formula is C65H112O6. The van der Waals surface area contributed by atoms with Crippen molar-refractivity contribution < 1.29 is 28.6 Å². The SMILES string of the molecule is CC/C=C\C/C=C\C/C=C\C/C=C\C/C=C\C/C=C\C/C=C\CCCCCCCCCCCCCCCC(=O)OCC(COC(=O)CCCCCCC)OC(=O)CCCCCCCCCCCCCCC. The molecule has 0 aromatic heterocycles. The molecule has 408 valence electrons. The van der Waals surface area contributed by atoms with Gasteiger partial charge in [-0.3, -0.25) is 14.4 Å². The van der Waals surface area contributed by atoms with Crippen molar-refractivity contribution in [3.8, 4) is 0 Å². The van der Waals surface area contributed by atoms with Crippen molar-refractivity contribution in [2.75, 3.05) is 13.2 Å². The van der Waals surface area contributed by atoms with Crippen molar-refractivity contribution >= 4 is 17.9 Å². The van der Waals surface area contributed by atoms with Crippen LogP contribution in [0.5, 0.6) is 0 Å². The molecule has 6 heteroatoms. The third-order valence-corrected chi connectivity index (χ3v) is 12.9. The largest absolute Gasteiger partial charge is 0.462 e. The predicted molar refractivity (Wildman–Crippen MR) is 307 cm³/mol. The van der Waals surface area contributed by atoms with Crippen molar-refractivity contribution in [1.82, 2.24) is 0 Å². The standard InChI is InChI=1S/C65H112O6/c1-4-7-10-13-15-17-19-21-22-23-24-25-26-27-28-29-30-31-32-33-34-35-36-37-38-39-40-41-42-44-45-47-49-52-55-58-64(67)70-61-62(60-69-63(66)57-54-51-12-9-6-3)71-65(68)59-56-53-50-48-46-43-20-18-16-14-11-8-5-2/h7,10,15,17,21-22,24-25,27-28,30-31,33-34,62H,4-6,8-9,11-14,16,18-20,23,26,29,32,35-61H2,1-3H3/b10-7-,17-15-,22-21-,25-24-,28-27-,31-30-,34-33-. The highest BCUT2D eigenvalue weighted by molar-refractivity contribution is 5.71. The Morgan fingerprint density at radius 2 is 0.549 bits per heavy atom. The normalized spacial score (nSPS) is 12.7. The summed E-state index contributed by atoms with van der Waals surface area (Å²) in [6.45, 7) is 6.45. The summed E-state index contributed by atoms with van der Waals surface area (Å²) in [4.78, 5) is 37.7. The Balaban J connectivity index is 3.94. The fourth-order valence-electron chi connectivity index (χ4n) is 8.42. The van der Waals surface area contributed by atoms with Gasteiger partial charge in [-0.2, -0.15) is 0 Å². The Hall–Kier alpha value is -3.41. The quantitative estimate of drug-likeness (QED) is 0.0261. The zero-order chi connectivity index (χ0) is 51.4. The molecule has 0 saturated carbocycles. The van der Waals surface area contributed by atoms with E-state index in [-0.39, 0.29) is 31.1 Å². The van der Waals surface area contributed by atoms with E-state index >= 15 is 0 Å². The molecule has 0 spiro atoms. The average Bonchev–Trinajstić information content (AvgIpc) is 3.37. The summed E-state index contributed by atoms with van der Waals surface area (Å²) in [5, 5.41) is 0. The second-order valence-corrected chi connectivity index (χ2v) is 19.9. The van der Waals surface area contributed by atoms with E-state index in [4.69, 9.17) is 14.2 Å². The molecule has 6 nitrogen and oxygen atoms in total. The van der Waals surface area contributed by atoms with Gasteiger partial charge in [-0.15, -0.1) is 0 Å². The number of unbranched alkanes of at least 4 members (excludes halogenated alkanes) is 29. The fourth-order valence-corrected chi connectivity index (χ4v) is 8.42. The number of carbonyl (C=O) groups is 3. The Morgan fingerprint density at radius 3 is 0.859 bits per heavy atom. The number of allylic oxidation sites excluding steroid dienone is 14. The van der Waals surface area contributed by atoms with Gasteiger partial charge in [0, 0.05) is 19.3 Å². The Morgan fingerprint density at radius 1 is 0.296 bits per heavy atom. The number of hydrogen-bond donors (Lipinski definition) is 0. The summed E-state index contributed by atoms with van der Waals surface area (Å²) in [6, 6.07) is 0. The highest BCUT2D eigenvalue weighted by Gasteiger charge is 2.19. The van der Waals surface area contributed by atoms with E-state index in [2.05, 4.69) is 106 Å². The second kappa shape index (κ2) is 59.2. The molecule has 0 aliphatic rings. The Bertz CT molecular complexity index is 1370. The molecule has 0 aromatic rings. The molecule has 71 heavy (non-hydrogen) atoms. The van der Waals surface area contributed by atoms with E-state index in [1.165, 1.54) is 141 Å². The first-order valence-corrected chi connectivity index (χ1v) is 30.1. The zero-order valence-corrected chi connectivity index (χ0v) is 46.7. The van der Waals surface area contributed by atoms with E-state index in [0.717, 1.165) is 109 Å². The number of ether oxygens (including phenoxy) is 3. The van der Waals surface area contributed by atoms with E-state index in [0.29, 0.717) is 19.3 Å². The van der Waals surface area contributed by atoms with E-state index < -0.39 is 6.10 Å². The first-order chi connectivity index (χ1) is 35.0. The van der Waals surface area contributed by atoms with Crippen molar-refractivity contribution in [2.45, 2.75) is 297 Å². The van der Waals surface area contributed by atoms with E-state index in [9.17, 15) is 14.4 Å². The summed E-state index contributed by atoms with van der Waals surface area (Å²) in [5.41, 5.74) is 0. The maximum Gasteiger partial charge on any atom is 0.306 e. The zero-order valence-electron chi connectivity index (χ0n) is 46.7. The van der Waals surface area contributed by atoms with Crippen LogP contribution in [0, 0.1) is 0 Å². The van der Waals surface area contributed by atoms with Crippen LogP contribution in [0.25, 0.3) is 0 Å². The van der Waals surface area contributed by atoms with Crippen LogP contribution in [0.1, 0.15) is 290 Å². The molecular weight excluding hydrogens is 877 g/mol. The van der Waals surface area contributed by atoms with Crippen LogP contribution < -0.4 is 0 Å². The summed E-state index contributed by atoms with van der Waals surface area (Å²) < 4.78 is 16.7. The van der Waals surface area contributed by atoms with Gasteiger partial charge >= 0.3 is 17.9 Å². The smallest absolute Gasteiger partial charge is 0.306 e. The molecule has 0 N–H and O–H groups in total. The molecule has 0 aromatic carbocycles. The van der Waals surface area contributed by atoms with Gasteiger partial charge in [0.25, 0.3) is 0 Å². The van der Waals surface area contributed by atoms with Crippen LogP contribution in [-0.2, 0) is 28.6 Å². The van der Waals surface area contributed by atoms with Crippen LogP contribution in [0.15, 0.2) is 85.1 Å². The van der Waals surface area contributed by atoms with Crippen LogP contribution in [-0.4, -0.2) is 37.2 Å². The molecule has 0 rings (SSSR count). The minimum atomic E-state index is -0.768. The minimum absolute atomic E-state index is 0.0728. The van der Waals surface area contributed by atoms with E-state index in [1.54, 1.807) is 0 Å². The van der Waals surface area contributed by atoms with Crippen LogP contribution in [0.2, 0.25) is 0 Å². The van der Waals surface area contributed by atoms with Gasteiger partial charge in [-0.25, -0.2) is 0 Å². The lowest BCUT2D eigenvalue weighted by molar-refractivity contribution is -0.167. The van der Waals surface area contributed by atoms with Gasteiger partial charge in [0.2, 0.25) is 0 Å². The molecule has 0 saturated heterocycles. The maximum absolute atomic E-state index is 12.7. The molecule has 1 atom stereocenters. The lowest BCUT2D eigenvalue weighted by Crippen LogP contribution is -2.30. The lowest BCUT2D eigenvalue weighted by Gasteiger charge is -2.18. The third-order valence-electron chi connectivity index (χ3n) is 12.9. The maximum atomic E-state index is 12.7. The van der Waals surface area contributed by atoms with Gasteiger partial charge < -0.3 is 14.2 Å². The lowest BCUT2D eigenvalue weighted by atomic mass is 10.0. The Labute approximate surface area is 439 Å². The Kier molecular flexibility index (Phi) is 56.3. The molecule has 0 heterocycles. The summed E-state index contributed by atoms with van der Waals surface area (Å²) in [5.74, 6) is -0.880. The van der Waals surface area contributed by atoms with Crippen LogP contribution >= 0.6 is 0 Å². The topological polar surface area (TPSA) is 78.9 Å². The first-order valence-electron chi connectivity index (χ1n) is 30.1. The van der Waals surface area contributed by atoms with Crippen LogP contribution in [0.4, 0.5) is 0 Å². The molecule has 0 bridgehead atoms. The number of carbonyl (C=O) groups excluding carboxylic acids is 3. The number of esters is 3. The fraction of sp³-hybridized carbons (Fsp3) is 0.738. The highest BCUT2D eigenvalue weighted by atomic mass is 16.6. The number of rotatable bonds is 54. The van der Waals surface area contributed by atoms with Crippen molar-refractivity contribution in [2.24, 2.45) is 0 Å². The van der Waals surface area contributed by atoms with Gasteiger partial charge in [0.1, 0.15) is 13.2 Å². The monoisotopic (exact) mass is 989 g/mol. The second-order valence-electron chi connectivity index (χ2n) is 19.9. The average molecular weight is 990 g/mol. The molecule has 0 aliphatic heterocycles. The van der Waals surface area contributed by atoms with Gasteiger partial charge in [0.05, 0.1) is 0 Å². The predicted octanol–water partition coefficient (Wildman–Crippen LogP) is 20.3. The van der Waals surface area contributed by atoms with Crippen molar-refractivity contribution in [3.63, 3.8) is 0 Å². The molecule has 0 amide bonds. The van der Waals surface area contributed by atoms with Gasteiger partial charge in [-0.05, 0) is 77.0 Å².